The van der Waals surface area contributed by atoms with E-state index < -0.39 is 32.8 Å². The first-order valence-electron chi connectivity index (χ1n) is 14.1. The van der Waals surface area contributed by atoms with Gasteiger partial charge in [-0.25, -0.2) is 0 Å². The Labute approximate surface area is 253 Å². The van der Waals surface area contributed by atoms with Crippen molar-refractivity contribution in [1.82, 2.24) is 0 Å². The van der Waals surface area contributed by atoms with Crippen molar-refractivity contribution in [3.63, 3.8) is 0 Å². The molecule has 0 aliphatic heterocycles. The minimum absolute atomic E-state index is 0.0715. The van der Waals surface area contributed by atoms with Crippen LogP contribution >= 0.6 is 0 Å². The van der Waals surface area contributed by atoms with Gasteiger partial charge in [-0.3, -0.25) is 9.35 Å². The summed E-state index contributed by atoms with van der Waals surface area (Å²) < 4.78 is 74.2. The molecule has 44 heavy (non-hydrogen) atoms. The molecule has 0 spiro atoms. The topological polar surface area (TPSA) is 134 Å². The molecule has 0 saturated carbocycles. The highest BCUT2D eigenvalue weighted by atomic mass is 32.2. The molecule has 12 heteroatoms. The average Bonchev–Trinajstić information content (AvgIpc) is 2.99. The molecule has 0 radical (unpaired) electrons. The first kappa shape index (κ1) is 32.6. The van der Waals surface area contributed by atoms with Gasteiger partial charge in [-0.15, -0.1) is 10.2 Å². The van der Waals surface area contributed by atoms with Crippen molar-refractivity contribution < 1.29 is 30.9 Å². The lowest BCUT2D eigenvalue weighted by atomic mass is 9.92. The number of nitrogens with zero attached hydrogens (tertiary/aromatic N) is 2. The van der Waals surface area contributed by atoms with E-state index in [4.69, 9.17) is 5.73 Å². The molecule has 0 atom stereocenters. The number of halogens is 3. The maximum Gasteiger partial charge on any atom is 0.471 e. The normalized spacial score (nSPS) is 12.3. The SMILES string of the molecule is CCc1cc(-c2cc(CC)c(/N=N/c3cc(S(=O)(=O)O)c4ccccc4c3NC(=O)C(F)(F)F)c(CC)c2)cc(CC)c1N. The fraction of sp³-hybridized carbons (Fsp3) is 0.281. The number of amides is 1. The Balaban J connectivity index is 1.94. The lowest BCUT2D eigenvalue weighted by molar-refractivity contribution is -0.167. The highest BCUT2D eigenvalue weighted by Gasteiger charge is 2.39. The maximum atomic E-state index is 13.3. The molecule has 232 valence electrons. The van der Waals surface area contributed by atoms with Crippen LogP contribution in [0.2, 0.25) is 0 Å². The Morgan fingerprint density at radius 2 is 1.30 bits per heavy atom. The zero-order chi connectivity index (χ0) is 32.4. The van der Waals surface area contributed by atoms with Crippen LogP contribution in [0.15, 0.2) is 69.7 Å². The van der Waals surface area contributed by atoms with Crippen LogP contribution in [0, 0.1) is 0 Å². The van der Waals surface area contributed by atoms with Gasteiger partial charge in [0.05, 0.1) is 11.4 Å². The number of benzene rings is 4. The standard InChI is InChI=1S/C32H33F3N4O4S/c1-5-18-13-22(14-19(6-2)28(18)36)23-15-20(7-3)29(21(8-4)16-23)39-38-26-17-27(44(41,42)43)24-11-9-10-12-25(24)30(26)37-31(40)32(33,34)35/h9-17H,5-8,36H2,1-4H3,(H,37,40)(H,41,42,43)/b39-38+. The molecule has 1 amide bonds. The number of carbonyl (C=O) groups is 1. The summed E-state index contributed by atoms with van der Waals surface area (Å²) in [5.74, 6) is -2.27. The minimum atomic E-state index is -5.23. The van der Waals surface area contributed by atoms with Crippen molar-refractivity contribution in [3.8, 4) is 11.1 Å². The van der Waals surface area contributed by atoms with Crippen LogP contribution < -0.4 is 11.1 Å². The number of nitrogens with one attached hydrogen (secondary N) is 1. The predicted octanol–water partition coefficient (Wildman–Crippen LogP) is 8.50. The summed E-state index contributed by atoms with van der Waals surface area (Å²) in [4.78, 5) is 11.4. The molecule has 0 aliphatic carbocycles. The summed E-state index contributed by atoms with van der Waals surface area (Å²) in [6.45, 7) is 7.94. The second kappa shape index (κ2) is 12.7. The number of hydrogen-bond donors (Lipinski definition) is 3. The molecule has 0 unspecified atom stereocenters. The molecule has 4 N–H and O–H groups in total. The van der Waals surface area contributed by atoms with Gasteiger partial charge < -0.3 is 11.1 Å². The van der Waals surface area contributed by atoms with Crippen molar-refractivity contribution in [1.29, 1.82) is 0 Å². The van der Waals surface area contributed by atoms with Crippen LogP contribution in [0.25, 0.3) is 21.9 Å². The third-order valence-electron chi connectivity index (χ3n) is 7.49. The number of aryl methyl sites for hydroxylation is 4. The Morgan fingerprint density at radius 3 is 1.75 bits per heavy atom. The summed E-state index contributed by atoms with van der Waals surface area (Å²) in [5, 5.41) is 10.2. The zero-order valence-corrected chi connectivity index (χ0v) is 25.5. The number of nitrogens with two attached hydrogens (primary N) is 1. The van der Waals surface area contributed by atoms with Gasteiger partial charge in [-0.05, 0) is 89.4 Å². The fourth-order valence-electron chi connectivity index (χ4n) is 5.16. The van der Waals surface area contributed by atoms with Gasteiger partial charge in [-0.2, -0.15) is 21.6 Å². The van der Waals surface area contributed by atoms with Gasteiger partial charge in [0.2, 0.25) is 0 Å². The van der Waals surface area contributed by atoms with Crippen LogP contribution in [0.1, 0.15) is 49.9 Å². The summed E-state index contributed by atoms with van der Waals surface area (Å²) >= 11 is 0. The van der Waals surface area contributed by atoms with Crippen LogP contribution in [-0.4, -0.2) is 25.1 Å². The number of carbonyl (C=O) groups excluding carboxylic acids is 1. The number of rotatable bonds is 9. The molecule has 0 bridgehead atoms. The van der Waals surface area contributed by atoms with Crippen molar-refractivity contribution in [3.05, 3.63) is 76.9 Å². The number of fused-ring (bicyclic) bond motifs is 1. The van der Waals surface area contributed by atoms with Crippen molar-refractivity contribution >= 4 is 49.5 Å². The lowest BCUT2D eigenvalue weighted by Crippen LogP contribution is -2.30. The van der Waals surface area contributed by atoms with E-state index in [2.05, 4.69) is 22.4 Å². The molecule has 8 nitrogen and oxygen atoms in total. The molecule has 0 fully saturated rings. The van der Waals surface area contributed by atoms with Gasteiger partial charge in [-0.1, -0.05) is 52.0 Å². The number of alkyl halides is 3. The Kier molecular flexibility index (Phi) is 9.45. The van der Waals surface area contributed by atoms with Crippen molar-refractivity contribution in [2.75, 3.05) is 11.1 Å². The predicted molar refractivity (Wildman–Crippen MR) is 166 cm³/mol. The number of nitrogen functional groups attached to an aromatic ring is 1. The Bertz CT molecular complexity index is 1840. The van der Waals surface area contributed by atoms with E-state index in [1.807, 2.05) is 45.1 Å². The van der Waals surface area contributed by atoms with E-state index in [1.54, 1.807) is 0 Å². The number of azo groups is 1. The molecule has 4 aromatic rings. The first-order valence-corrected chi connectivity index (χ1v) is 15.6. The number of anilines is 2. The van der Waals surface area contributed by atoms with Gasteiger partial charge in [0.1, 0.15) is 10.6 Å². The Morgan fingerprint density at radius 1 is 0.818 bits per heavy atom. The molecule has 0 aromatic heterocycles. The van der Waals surface area contributed by atoms with Gasteiger partial charge >= 0.3 is 12.1 Å². The quantitative estimate of drug-likeness (QED) is 0.0973. The van der Waals surface area contributed by atoms with Crippen LogP contribution in [-0.2, 0) is 40.6 Å². The van der Waals surface area contributed by atoms with E-state index >= 15 is 0 Å². The third kappa shape index (κ3) is 6.61. The van der Waals surface area contributed by atoms with E-state index in [0.717, 1.165) is 58.0 Å². The molecule has 4 rings (SSSR count). The van der Waals surface area contributed by atoms with Gasteiger partial charge in [0.15, 0.2) is 0 Å². The third-order valence-corrected chi connectivity index (χ3v) is 8.39. The fourth-order valence-corrected chi connectivity index (χ4v) is 5.88. The molecule has 4 aromatic carbocycles. The van der Waals surface area contributed by atoms with Crippen LogP contribution in [0.4, 0.5) is 35.9 Å². The number of hydrogen-bond acceptors (Lipinski definition) is 6. The van der Waals surface area contributed by atoms with Crippen molar-refractivity contribution in [2.24, 2.45) is 10.2 Å². The first-order chi connectivity index (χ1) is 20.7. The van der Waals surface area contributed by atoms with Crippen LogP contribution in [0.5, 0.6) is 0 Å². The van der Waals surface area contributed by atoms with E-state index in [9.17, 15) is 30.9 Å². The highest BCUT2D eigenvalue weighted by Crippen LogP contribution is 2.41. The van der Waals surface area contributed by atoms with Crippen molar-refractivity contribution in [2.45, 2.75) is 64.5 Å². The lowest BCUT2D eigenvalue weighted by Gasteiger charge is -2.16. The average molecular weight is 627 g/mol. The molecular formula is C32H33F3N4O4S. The van der Waals surface area contributed by atoms with E-state index in [1.165, 1.54) is 24.3 Å². The maximum absolute atomic E-state index is 13.3. The second-order valence-electron chi connectivity index (χ2n) is 10.2. The van der Waals surface area contributed by atoms with E-state index in [0.29, 0.717) is 18.5 Å². The smallest absolute Gasteiger partial charge is 0.398 e. The molecule has 0 saturated heterocycles. The largest absolute Gasteiger partial charge is 0.471 e. The Hall–Kier alpha value is -4.29. The summed E-state index contributed by atoms with van der Waals surface area (Å²) in [7, 11) is -4.83. The van der Waals surface area contributed by atoms with Crippen LogP contribution in [0.3, 0.4) is 0 Å². The highest BCUT2D eigenvalue weighted by molar-refractivity contribution is 7.86. The van der Waals surface area contributed by atoms with Gasteiger partial charge in [0.25, 0.3) is 10.1 Å². The van der Waals surface area contributed by atoms with E-state index in [-0.39, 0.29) is 16.5 Å². The second-order valence-corrected chi connectivity index (χ2v) is 11.6. The monoisotopic (exact) mass is 626 g/mol. The summed E-state index contributed by atoms with van der Waals surface area (Å²) in [6.07, 6.45) is -2.61. The van der Waals surface area contributed by atoms with Gasteiger partial charge in [0, 0.05) is 16.5 Å². The molecule has 0 heterocycles. The molecular weight excluding hydrogens is 593 g/mol. The molecule has 0 aliphatic rings. The summed E-state index contributed by atoms with van der Waals surface area (Å²) in [5.41, 5.74) is 12.4. The zero-order valence-electron chi connectivity index (χ0n) is 24.7. The minimum Gasteiger partial charge on any atom is -0.398 e. The summed E-state index contributed by atoms with van der Waals surface area (Å²) in [6, 6.07) is 14.5.